The van der Waals surface area contributed by atoms with Gasteiger partial charge in [-0.1, -0.05) is 6.07 Å². The normalized spacial score (nSPS) is 11.3. The van der Waals surface area contributed by atoms with E-state index in [1.54, 1.807) is 6.92 Å². The molecule has 0 aliphatic carbocycles. The number of aryl methyl sites for hydroxylation is 1. The predicted octanol–water partition coefficient (Wildman–Crippen LogP) is 1.62. The van der Waals surface area contributed by atoms with E-state index in [2.05, 4.69) is 9.71 Å². The van der Waals surface area contributed by atoms with E-state index in [0.717, 1.165) is 18.3 Å². The molecule has 0 fully saturated rings. The van der Waals surface area contributed by atoms with Gasteiger partial charge in [0, 0.05) is 18.5 Å². The third-order valence-electron chi connectivity index (χ3n) is 2.50. The molecule has 0 saturated heterocycles. The van der Waals surface area contributed by atoms with Gasteiger partial charge in [-0.15, -0.1) is 0 Å². The molecule has 0 radical (unpaired) electrons. The molecular weight excluding hydrogens is 271 g/mol. The monoisotopic (exact) mass is 282 g/mol. The van der Waals surface area contributed by atoms with Crippen molar-refractivity contribution < 1.29 is 12.8 Å². The topological polar surface area (TPSA) is 79.0 Å². The minimum Gasteiger partial charge on any atom is -0.366 e. The summed E-state index contributed by atoms with van der Waals surface area (Å²) in [6.45, 7) is 1.56. The third kappa shape index (κ3) is 2.82. The Kier molecular flexibility index (Phi) is 3.39. The van der Waals surface area contributed by atoms with Crippen LogP contribution < -0.4 is 10.2 Å². The van der Waals surface area contributed by atoms with Gasteiger partial charge in [-0.2, -0.15) is 0 Å². The van der Waals surface area contributed by atoms with Crippen molar-refractivity contribution in [2.45, 2.75) is 11.8 Å². The largest absolute Gasteiger partial charge is 0.366 e. The van der Waals surface area contributed by atoms with Crippen LogP contribution in [0.15, 0.2) is 46.3 Å². The summed E-state index contributed by atoms with van der Waals surface area (Å²) in [6.07, 6.45) is 2.40. The molecule has 0 aliphatic rings. The van der Waals surface area contributed by atoms with Crippen LogP contribution in [-0.2, 0) is 10.0 Å². The molecule has 19 heavy (non-hydrogen) atoms. The van der Waals surface area contributed by atoms with Gasteiger partial charge in [-0.05, 0) is 24.6 Å². The Balaban J connectivity index is 2.40. The molecule has 0 atom stereocenters. The lowest BCUT2D eigenvalue weighted by atomic mass is 10.2. The van der Waals surface area contributed by atoms with E-state index in [1.807, 2.05) is 0 Å². The van der Waals surface area contributed by atoms with Gasteiger partial charge in [0.15, 0.2) is 4.90 Å². The average Bonchev–Trinajstić information content (AvgIpc) is 2.34. The van der Waals surface area contributed by atoms with Gasteiger partial charge in [-0.25, -0.2) is 12.8 Å². The highest BCUT2D eigenvalue weighted by molar-refractivity contribution is 7.92. The highest BCUT2D eigenvalue weighted by atomic mass is 32.2. The molecule has 0 aliphatic heterocycles. The van der Waals surface area contributed by atoms with E-state index in [9.17, 15) is 17.6 Å². The standard InChI is InChI=1S/C12H11FN2O3S/c1-8-2-3-9(6-10(8)13)15-19(17,18)12-7-14-5-4-11(12)16/h2-7,15H,1H3,(H,14,16). The second kappa shape index (κ2) is 4.85. The fourth-order valence-electron chi connectivity index (χ4n) is 1.48. The molecule has 7 heteroatoms. The zero-order valence-electron chi connectivity index (χ0n) is 9.98. The van der Waals surface area contributed by atoms with Crippen LogP contribution in [0, 0.1) is 12.7 Å². The van der Waals surface area contributed by atoms with Gasteiger partial charge in [0.25, 0.3) is 10.0 Å². The fourth-order valence-corrected chi connectivity index (χ4v) is 2.58. The smallest absolute Gasteiger partial charge is 0.267 e. The van der Waals surface area contributed by atoms with Crippen molar-refractivity contribution in [3.05, 3.63) is 58.3 Å². The number of hydrogen-bond acceptors (Lipinski definition) is 3. The molecule has 100 valence electrons. The number of pyridine rings is 1. The predicted molar refractivity (Wildman–Crippen MR) is 69.0 cm³/mol. The maximum atomic E-state index is 13.3. The molecule has 1 aromatic carbocycles. The van der Waals surface area contributed by atoms with Crippen molar-refractivity contribution in [1.29, 1.82) is 0 Å². The Morgan fingerprint density at radius 1 is 1.26 bits per heavy atom. The minimum atomic E-state index is -4.03. The first kappa shape index (κ1) is 13.3. The summed E-state index contributed by atoms with van der Waals surface area (Å²) < 4.78 is 39.4. The minimum absolute atomic E-state index is 0.0614. The Bertz CT molecular complexity index is 769. The molecular formula is C12H11FN2O3S. The number of benzene rings is 1. The lowest BCUT2D eigenvalue weighted by Gasteiger charge is -2.08. The second-order valence-corrected chi connectivity index (χ2v) is 5.59. The number of hydrogen-bond donors (Lipinski definition) is 2. The van der Waals surface area contributed by atoms with Gasteiger partial charge in [0.05, 0.1) is 5.69 Å². The first-order chi connectivity index (χ1) is 8.90. The molecule has 5 nitrogen and oxygen atoms in total. The number of halogens is 1. The number of aromatic amines is 1. The Morgan fingerprint density at radius 2 is 2.00 bits per heavy atom. The molecule has 1 aromatic heterocycles. The molecule has 0 bridgehead atoms. The quantitative estimate of drug-likeness (QED) is 0.898. The summed E-state index contributed by atoms with van der Waals surface area (Å²) in [5.41, 5.74) is -0.175. The van der Waals surface area contributed by atoms with Crippen LogP contribution in [0.2, 0.25) is 0 Å². The fraction of sp³-hybridized carbons (Fsp3) is 0.0833. The van der Waals surface area contributed by atoms with Crippen LogP contribution in [0.3, 0.4) is 0 Å². The van der Waals surface area contributed by atoms with Crippen molar-refractivity contribution in [1.82, 2.24) is 4.98 Å². The van der Waals surface area contributed by atoms with Crippen LogP contribution in [0.4, 0.5) is 10.1 Å². The van der Waals surface area contributed by atoms with Crippen molar-refractivity contribution in [2.75, 3.05) is 4.72 Å². The zero-order valence-corrected chi connectivity index (χ0v) is 10.8. The zero-order chi connectivity index (χ0) is 14.0. The molecule has 2 rings (SSSR count). The number of aromatic nitrogens is 1. The van der Waals surface area contributed by atoms with Crippen LogP contribution >= 0.6 is 0 Å². The number of nitrogens with one attached hydrogen (secondary N) is 2. The van der Waals surface area contributed by atoms with Crippen molar-refractivity contribution in [3.8, 4) is 0 Å². The summed E-state index contributed by atoms with van der Waals surface area (Å²) in [4.78, 5) is 13.6. The number of anilines is 1. The number of rotatable bonds is 3. The highest BCUT2D eigenvalue weighted by Gasteiger charge is 2.18. The molecule has 0 unspecified atom stereocenters. The van der Waals surface area contributed by atoms with Crippen molar-refractivity contribution in [2.24, 2.45) is 0 Å². The first-order valence-electron chi connectivity index (χ1n) is 5.36. The van der Waals surface area contributed by atoms with Crippen LogP contribution in [-0.4, -0.2) is 13.4 Å². The SMILES string of the molecule is Cc1ccc(NS(=O)(=O)c2c[nH]ccc2=O)cc1F. The summed E-state index contributed by atoms with van der Waals surface area (Å²) in [5, 5.41) is 0. The molecule has 1 heterocycles. The maximum Gasteiger partial charge on any atom is 0.267 e. The van der Waals surface area contributed by atoms with Crippen LogP contribution in [0.5, 0.6) is 0 Å². The molecule has 0 spiro atoms. The van der Waals surface area contributed by atoms with E-state index in [4.69, 9.17) is 0 Å². The number of sulfonamides is 1. The van der Waals surface area contributed by atoms with Gasteiger partial charge in [-0.3, -0.25) is 9.52 Å². The first-order valence-corrected chi connectivity index (χ1v) is 6.84. The maximum absolute atomic E-state index is 13.3. The van der Waals surface area contributed by atoms with Crippen molar-refractivity contribution >= 4 is 15.7 Å². The van der Waals surface area contributed by atoms with E-state index in [-0.39, 0.29) is 5.69 Å². The van der Waals surface area contributed by atoms with Crippen LogP contribution in [0.1, 0.15) is 5.56 Å². The van der Waals surface area contributed by atoms with Gasteiger partial charge < -0.3 is 4.98 Å². The summed E-state index contributed by atoms with van der Waals surface area (Å²) >= 11 is 0. The Hall–Kier alpha value is -2.15. The van der Waals surface area contributed by atoms with Crippen LogP contribution in [0.25, 0.3) is 0 Å². The molecule has 2 aromatic rings. The lowest BCUT2D eigenvalue weighted by Crippen LogP contribution is -2.21. The molecule has 0 amide bonds. The Morgan fingerprint density at radius 3 is 2.63 bits per heavy atom. The summed E-state index contributed by atoms with van der Waals surface area (Å²) in [6, 6.07) is 5.03. The molecule has 0 saturated carbocycles. The van der Waals surface area contributed by atoms with Gasteiger partial charge >= 0.3 is 0 Å². The molecule has 2 N–H and O–H groups in total. The highest BCUT2D eigenvalue weighted by Crippen LogP contribution is 2.16. The van der Waals surface area contributed by atoms with E-state index in [0.29, 0.717) is 5.56 Å². The van der Waals surface area contributed by atoms with Gasteiger partial charge in [0.2, 0.25) is 5.43 Å². The summed E-state index contributed by atoms with van der Waals surface area (Å²) in [7, 11) is -4.03. The van der Waals surface area contributed by atoms with E-state index in [1.165, 1.54) is 18.3 Å². The average molecular weight is 282 g/mol. The van der Waals surface area contributed by atoms with Crippen molar-refractivity contribution in [3.63, 3.8) is 0 Å². The Labute approximate surface area is 109 Å². The number of H-pyrrole nitrogens is 1. The third-order valence-corrected chi connectivity index (χ3v) is 3.90. The summed E-state index contributed by atoms with van der Waals surface area (Å²) in [5.74, 6) is -0.526. The second-order valence-electron chi connectivity index (χ2n) is 3.94. The van der Waals surface area contributed by atoms with E-state index >= 15 is 0 Å². The van der Waals surface area contributed by atoms with Gasteiger partial charge in [0.1, 0.15) is 5.82 Å². The lowest BCUT2D eigenvalue weighted by molar-refractivity contribution is 0.600. The van der Waals surface area contributed by atoms with E-state index < -0.39 is 26.2 Å².